The predicted molar refractivity (Wildman–Crippen MR) is 66.2 cm³/mol. The Labute approximate surface area is 102 Å². The topological polar surface area (TPSA) is 32.3 Å². The van der Waals surface area contributed by atoms with Gasteiger partial charge in [0.05, 0.1) is 6.10 Å². The lowest BCUT2D eigenvalue weighted by atomic mass is 9.92. The maximum absolute atomic E-state index is 12.8. The van der Waals surface area contributed by atoms with Crippen LogP contribution in [0.25, 0.3) is 0 Å². The minimum Gasteiger partial charge on any atom is -0.393 e. The van der Waals surface area contributed by atoms with Crippen molar-refractivity contribution in [3.05, 3.63) is 35.6 Å². The largest absolute Gasteiger partial charge is 0.393 e. The van der Waals surface area contributed by atoms with Gasteiger partial charge >= 0.3 is 0 Å². The number of hydrogen-bond donors (Lipinski definition) is 2. The van der Waals surface area contributed by atoms with Crippen molar-refractivity contribution in [2.24, 2.45) is 0 Å². The van der Waals surface area contributed by atoms with Crippen molar-refractivity contribution >= 4 is 0 Å². The third kappa shape index (κ3) is 3.51. The smallest absolute Gasteiger partial charge is 0.123 e. The molecule has 2 N–H and O–H groups in total. The van der Waals surface area contributed by atoms with Crippen LogP contribution in [0, 0.1) is 5.82 Å². The first-order valence-corrected chi connectivity index (χ1v) is 6.34. The molecule has 2 rings (SSSR count). The highest BCUT2D eigenvalue weighted by atomic mass is 19.1. The van der Waals surface area contributed by atoms with Gasteiger partial charge in [0.25, 0.3) is 0 Å². The number of aliphatic hydroxyl groups excluding tert-OH is 1. The van der Waals surface area contributed by atoms with Crippen LogP contribution >= 0.6 is 0 Å². The summed E-state index contributed by atoms with van der Waals surface area (Å²) in [5.74, 6) is -0.193. The number of nitrogens with one attached hydrogen (secondary N) is 1. The van der Waals surface area contributed by atoms with Gasteiger partial charge in [0, 0.05) is 12.1 Å². The monoisotopic (exact) mass is 237 g/mol. The molecule has 0 radical (unpaired) electrons. The van der Waals surface area contributed by atoms with E-state index < -0.39 is 0 Å². The summed E-state index contributed by atoms with van der Waals surface area (Å²) in [5, 5.41) is 13.0. The average molecular weight is 237 g/mol. The Morgan fingerprint density at radius 2 is 1.76 bits per heavy atom. The SMILES string of the molecule is C[C@@H](NC1CCC(O)CC1)c1ccc(F)cc1. The fraction of sp³-hybridized carbons (Fsp3) is 0.571. The molecule has 0 unspecified atom stereocenters. The lowest BCUT2D eigenvalue weighted by Crippen LogP contribution is -2.36. The summed E-state index contributed by atoms with van der Waals surface area (Å²) in [6.45, 7) is 2.10. The van der Waals surface area contributed by atoms with Crippen molar-refractivity contribution in [3.63, 3.8) is 0 Å². The summed E-state index contributed by atoms with van der Waals surface area (Å²) in [7, 11) is 0. The molecule has 1 aliphatic rings. The molecular formula is C14H20FNO. The van der Waals surface area contributed by atoms with Gasteiger partial charge in [-0.2, -0.15) is 0 Å². The van der Waals surface area contributed by atoms with E-state index in [4.69, 9.17) is 0 Å². The van der Waals surface area contributed by atoms with E-state index in [0.717, 1.165) is 31.2 Å². The van der Waals surface area contributed by atoms with Crippen molar-refractivity contribution in [1.82, 2.24) is 5.32 Å². The molecule has 1 aliphatic carbocycles. The molecule has 0 spiro atoms. The van der Waals surface area contributed by atoms with Crippen LogP contribution in [0.3, 0.4) is 0 Å². The van der Waals surface area contributed by atoms with Crippen molar-refractivity contribution < 1.29 is 9.50 Å². The van der Waals surface area contributed by atoms with Crippen LogP contribution in [0.15, 0.2) is 24.3 Å². The zero-order chi connectivity index (χ0) is 12.3. The molecule has 0 amide bonds. The molecule has 17 heavy (non-hydrogen) atoms. The van der Waals surface area contributed by atoms with E-state index >= 15 is 0 Å². The van der Waals surface area contributed by atoms with E-state index in [2.05, 4.69) is 12.2 Å². The summed E-state index contributed by atoms with van der Waals surface area (Å²) < 4.78 is 12.8. The normalized spacial score (nSPS) is 26.8. The highest BCUT2D eigenvalue weighted by Gasteiger charge is 2.20. The maximum atomic E-state index is 12.8. The molecule has 1 atom stereocenters. The lowest BCUT2D eigenvalue weighted by Gasteiger charge is -2.29. The Morgan fingerprint density at radius 1 is 1.18 bits per heavy atom. The van der Waals surface area contributed by atoms with Gasteiger partial charge in [-0.1, -0.05) is 12.1 Å². The number of hydrogen-bond acceptors (Lipinski definition) is 2. The van der Waals surface area contributed by atoms with Gasteiger partial charge < -0.3 is 10.4 Å². The Balaban J connectivity index is 1.88. The summed E-state index contributed by atoms with van der Waals surface area (Å²) in [5.41, 5.74) is 1.11. The second kappa shape index (κ2) is 5.61. The maximum Gasteiger partial charge on any atom is 0.123 e. The Bertz CT molecular complexity index is 344. The molecule has 1 saturated carbocycles. The number of rotatable bonds is 3. The van der Waals surface area contributed by atoms with E-state index in [1.54, 1.807) is 0 Å². The molecule has 0 aliphatic heterocycles. The molecule has 3 heteroatoms. The van der Waals surface area contributed by atoms with Crippen molar-refractivity contribution in [3.8, 4) is 0 Å². The van der Waals surface area contributed by atoms with Crippen LogP contribution < -0.4 is 5.32 Å². The highest BCUT2D eigenvalue weighted by molar-refractivity contribution is 5.19. The summed E-state index contributed by atoms with van der Waals surface area (Å²) in [4.78, 5) is 0. The molecule has 0 bridgehead atoms. The molecule has 94 valence electrons. The van der Waals surface area contributed by atoms with Crippen molar-refractivity contribution in [2.45, 2.75) is 50.8 Å². The van der Waals surface area contributed by atoms with E-state index in [9.17, 15) is 9.50 Å². The minimum absolute atomic E-state index is 0.117. The van der Waals surface area contributed by atoms with Gasteiger partial charge in [-0.05, 0) is 50.3 Å². The predicted octanol–water partition coefficient (Wildman–Crippen LogP) is 2.78. The Hall–Kier alpha value is -0.930. The molecule has 1 aromatic carbocycles. The summed E-state index contributed by atoms with van der Waals surface area (Å²) in [6, 6.07) is 7.35. The first kappa shape index (κ1) is 12.5. The van der Waals surface area contributed by atoms with Crippen LogP contribution in [-0.4, -0.2) is 17.3 Å². The lowest BCUT2D eigenvalue weighted by molar-refractivity contribution is 0.114. The summed E-state index contributed by atoms with van der Waals surface area (Å²) >= 11 is 0. The van der Waals surface area contributed by atoms with Crippen LogP contribution in [-0.2, 0) is 0 Å². The standard InChI is InChI=1S/C14H20FNO/c1-10(11-2-4-12(15)5-3-11)16-13-6-8-14(17)9-7-13/h2-5,10,13-14,16-17H,6-9H2,1H3/t10-,13?,14?/m1/s1. The van der Waals surface area contributed by atoms with E-state index in [0.29, 0.717) is 6.04 Å². The molecule has 0 aromatic heterocycles. The Kier molecular flexibility index (Phi) is 4.13. The Morgan fingerprint density at radius 3 is 2.35 bits per heavy atom. The molecule has 0 heterocycles. The van der Waals surface area contributed by atoms with Gasteiger partial charge in [0.15, 0.2) is 0 Å². The van der Waals surface area contributed by atoms with Crippen LogP contribution in [0.1, 0.15) is 44.2 Å². The number of aliphatic hydroxyl groups is 1. The zero-order valence-corrected chi connectivity index (χ0v) is 10.2. The quantitative estimate of drug-likeness (QED) is 0.847. The van der Waals surface area contributed by atoms with Crippen molar-refractivity contribution in [1.29, 1.82) is 0 Å². The molecule has 2 nitrogen and oxygen atoms in total. The molecule has 0 saturated heterocycles. The third-order valence-electron chi connectivity index (χ3n) is 3.55. The summed E-state index contributed by atoms with van der Waals surface area (Å²) in [6.07, 6.45) is 3.69. The van der Waals surface area contributed by atoms with Gasteiger partial charge in [-0.3, -0.25) is 0 Å². The first-order valence-electron chi connectivity index (χ1n) is 6.34. The zero-order valence-electron chi connectivity index (χ0n) is 10.2. The fourth-order valence-electron chi connectivity index (χ4n) is 2.44. The minimum atomic E-state index is -0.193. The van der Waals surface area contributed by atoms with Crippen molar-refractivity contribution in [2.75, 3.05) is 0 Å². The average Bonchev–Trinajstić information content (AvgIpc) is 2.33. The van der Waals surface area contributed by atoms with Crippen LogP contribution in [0.4, 0.5) is 4.39 Å². The third-order valence-corrected chi connectivity index (χ3v) is 3.55. The van der Waals surface area contributed by atoms with Crippen LogP contribution in [0.2, 0.25) is 0 Å². The van der Waals surface area contributed by atoms with Gasteiger partial charge in [0.1, 0.15) is 5.82 Å². The van der Waals surface area contributed by atoms with E-state index in [-0.39, 0.29) is 18.0 Å². The van der Waals surface area contributed by atoms with Gasteiger partial charge in [0.2, 0.25) is 0 Å². The van der Waals surface area contributed by atoms with Crippen LogP contribution in [0.5, 0.6) is 0 Å². The second-order valence-electron chi connectivity index (χ2n) is 4.95. The number of halogens is 1. The van der Waals surface area contributed by atoms with Gasteiger partial charge in [-0.15, -0.1) is 0 Å². The molecule has 1 aromatic rings. The van der Waals surface area contributed by atoms with E-state index in [1.807, 2.05) is 12.1 Å². The fourth-order valence-corrected chi connectivity index (χ4v) is 2.44. The second-order valence-corrected chi connectivity index (χ2v) is 4.95. The molecule has 1 fully saturated rings. The molecular weight excluding hydrogens is 217 g/mol. The number of benzene rings is 1. The highest BCUT2D eigenvalue weighted by Crippen LogP contribution is 2.22. The first-order chi connectivity index (χ1) is 8.15. The van der Waals surface area contributed by atoms with E-state index in [1.165, 1.54) is 12.1 Å². The van der Waals surface area contributed by atoms with Gasteiger partial charge in [-0.25, -0.2) is 4.39 Å².